The lowest BCUT2D eigenvalue weighted by molar-refractivity contribution is 0.571. The van der Waals surface area contributed by atoms with Crippen LogP contribution in [0, 0.1) is 0 Å². The van der Waals surface area contributed by atoms with Crippen LogP contribution >= 0.6 is 15.9 Å². The van der Waals surface area contributed by atoms with Gasteiger partial charge in [0, 0.05) is 29.8 Å². The molecule has 1 fully saturated rings. The summed E-state index contributed by atoms with van der Waals surface area (Å²) in [5.41, 5.74) is 0.892. The van der Waals surface area contributed by atoms with Crippen LogP contribution in [0.2, 0.25) is 0 Å². The third-order valence-electron chi connectivity index (χ3n) is 3.66. The molecule has 3 heterocycles. The van der Waals surface area contributed by atoms with Gasteiger partial charge in [0.25, 0.3) is 0 Å². The van der Waals surface area contributed by atoms with Gasteiger partial charge in [-0.2, -0.15) is 4.98 Å². The van der Waals surface area contributed by atoms with Crippen molar-refractivity contribution in [2.75, 3.05) is 24.5 Å². The lowest BCUT2D eigenvalue weighted by Crippen LogP contribution is -2.38. The molecule has 5 nitrogen and oxygen atoms in total. The molecule has 0 spiro atoms. The Balaban J connectivity index is 1.83. The van der Waals surface area contributed by atoms with E-state index in [0.717, 1.165) is 42.1 Å². The van der Waals surface area contributed by atoms with Crippen LogP contribution in [-0.4, -0.2) is 40.3 Å². The first-order valence-corrected chi connectivity index (χ1v) is 8.06. The van der Waals surface area contributed by atoms with Gasteiger partial charge in [-0.25, -0.2) is 4.52 Å². The average molecular weight is 338 g/mol. The molecule has 1 N–H and O–H groups in total. The molecule has 0 bridgehead atoms. The van der Waals surface area contributed by atoms with Crippen molar-refractivity contribution in [1.82, 2.24) is 19.9 Å². The Kier molecular flexibility index (Phi) is 4.21. The molecule has 20 heavy (non-hydrogen) atoms. The van der Waals surface area contributed by atoms with Crippen molar-refractivity contribution in [1.29, 1.82) is 0 Å². The zero-order chi connectivity index (χ0) is 13.9. The van der Waals surface area contributed by atoms with Gasteiger partial charge < -0.3 is 10.2 Å². The molecule has 0 aliphatic carbocycles. The van der Waals surface area contributed by atoms with Crippen molar-refractivity contribution in [3.05, 3.63) is 22.8 Å². The number of pyridine rings is 1. The number of nitrogens with zero attached hydrogens (tertiary/aromatic N) is 4. The summed E-state index contributed by atoms with van der Waals surface area (Å²) >= 11 is 3.47. The van der Waals surface area contributed by atoms with Crippen LogP contribution in [0.4, 0.5) is 5.95 Å². The van der Waals surface area contributed by atoms with E-state index < -0.39 is 0 Å². The molecule has 0 amide bonds. The van der Waals surface area contributed by atoms with Gasteiger partial charge >= 0.3 is 0 Å². The summed E-state index contributed by atoms with van der Waals surface area (Å²) in [5, 5.41) is 8.15. The fraction of sp³-hybridized carbons (Fsp3) is 0.571. The highest BCUT2D eigenvalue weighted by atomic mass is 79.9. The topological polar surface area (TPSA) is 45.5 Å². The van der Waals surface area contributed by atoms with E-state index in [-0.39, 0.29) is 0 Å². The number of halogens is 1. The van der Waals surface area contributed by atoms with Crippen molar-refractivity contribution in [2.24, 2.45) is 0 Å². The summed E-state index contributed by atoms with van der Waals surface area (Å²) in [5.74, 6) is 0.832. The number of aromatic nitrogens is 3. The highest BCUT2D eigenvalue weighted by molar-refractivity contribution is 9.10. The highest BCUT2D eigenvalue weighted by Crippen LogP contribution is 2.16. The Morgan fingerprint density at radius 2 is 2.40 bits per heavy atom. The van der Waals surface area contributed by atoms with Gasteiger partial charge in [0.05, 0.1) is 0 Å². The fourth-order valence-corrected chi connectivity index (χ4v) is 3.03. The Labute approximate surface area is 127 Å². The molecule has 1 unspecified atom stereocenters. The van der Waals surface area contributed by atoms with E-state index in [4.69, 9.17) is 0 Å². The Morgan fingerprint density at radius 3 is 3.15 bits per heavy atom. The Morgan fingerprint density at radius 1 is 1.50 bits per heavy atom. The van der Waals surface area contributed by atoms with Gasteiger partial charge in [0.15, 0.2) is 5.65 Å². The summed E-state index contributed by atoms with van der Waals surface area (Å²) < 4.78 is 2.85. The second-order valence-corrected chi connectivity index (χ2v) is 6.22. The summed E-state index contributed by atoms with van der Waals surface area (Å²) in [6.07, 6.45) is 5.57. The normalized spacial score (nSPS) is 18.8. The number of anilines is 1. The molecule has 0 radical (unpaired) electrons. The molecule has 2 aromatic heterocycles. The van der Waals surface area contributed by atoms with Gasteiger partial charge in [-0.1, -0.05) is 6.92 Å². The Bertz CT molecular complexity index is 576. The van der Waals surface area contributed by atoms with E-state index in [1.54, 1.807) is 0 Å². The standard InChI is InChI=1S/C14H20BrN5/c1-2-8-19(10-12-4-3-7-16-12)14-17-13-6-5-11(15)9-20(13)18-14/h5-6,9,12,16H,2-4,7-8,10H2,1H3. The van der Waals surface area contributed by atoms with E-state index in [9.17, 15) is 0 Å². The van der Waals surface area contributed by atoms with Crippen LogP contribution in [0.15, 0.2) is 22.8 Å². The van der Waals surface area contributed by atoms with Crippen molar-refractivity contribution < 1.29 is 0 Å². The summed E-state index contributed by atoms with van der Waals surface area (Å²) in [4.78, 5) is 6.94. The van der Waals surface area contributed by atoms with E-state index in [2.05, 4.69) is 43.2 Å². The molecule has 1 aliphatic rings. The summed E-state index contributed by atoms with van der Waals surface area (Å²) in [7, 11) is 0. The fourth-order valence-electron chi connectivity index (χ4n) is 2.70. The molecule has 1 aliphatic heterocycles. The second-order valence-electron chi connectivity index (χ2n) is 5.30. The molecule has 1 atom stereocenters. The smallest absolute Gasteiger partial charge is 0.245 e. The van der Waals surface area contributed by atoms with Crippen LogP contribution in [0.5, 0.6) is 0 Å². The minimum Gasteiger partial charge on any atom is -0.338 e. The predicted octanol–water partition coefficient (Wildman–Crippen LogP) is 2.46. The number of nitrogens with one attached hydrogen (secondary N) is 1. The maximum absolute atomic E-state index is 4.64. The lowest BCUT2D eigenvalue weighted by atomic mass is 10.2. The van der Waals surface area contributed by atoms with Crippen LogP contribution in [0.1, 0.15) is 26.2 Å². The van der Waals surface area contributed by atoms with Crippen LogP contribution in [-0.2, 0) is 0 Å². The van der Waals surface area contributed by atoms with Gasteiger partial charge in [0.2, 0.25) is 5.95 Å². The second kappa shape index (κ2) is 6.10. The van der Waals surface area contributed by atoms with Gasteiger partial charge in [-0.3, -0.25) is 0 Å². The first-order chi connectivity index (χ1) is 9.76. The molecule has 1 saturated heterocycles. The molecule has 108 valence electrons. The monoisotopic (exact) mass is 337 g/mol. The van der Waals surface area contributed by atoms with Crippen molar-refractivity contribution in [3.63, 3.8) is 0 Å². The predicted molar refractivity (Wildman–Crippen MR) is 84.2 cm³/mol. The summed E-state index contributed by atoms with van der Waals surface area (Å²) in [6.45, 7) is 5.32. The van der Waals surface area contributed by atoms with Gasteiger partial charge in [0.1, 0.15) is 0 Å². The maximum Gasteiger partial charge on any atom is 0.245 e. The zero-order valence-corrected chi connectivity index (χ0v) is 13.3. The SMILES string of the molecule is CCCN(CC1CCCN1)c1nc2ccc(Br)cn2n1. The first kappa shape index (κ1) is 13.8. The minimum absolute atomic E-state index is 0.569. The van der Waals surface area contributed by atoms with Crippen molar-refractivity contribution in [2.45, 2.75) is 32.2 Å². The largest absolute Gasteiger partial charge is 0.338 e. The third kappa shape index (κ3) is 2.96. The molecular formula is C14H20BrN5. The van der Waals surface area contributed by atoms with Crippen molar-refractivity contribution in [3.8, 4) is 0 Å². The van der Waals surface area contributed by atoms with Crippen LogP contribution in [0.3, 0.4) is 0 Å². The van der Waals surface area contributed by atoms with E-state index in [1.165, 1.54) is 12.8 Å². The van der Waals surface area contributed by atoms with Gasteiger partial charge in [-0.15, -0.1) is 5.10 Å². The molecule has 0 saturated carbocycles. The zero-order valence-electron chi connectivity index (χ0n) is 11.7. The quantitative estimate of drug-likeness (QED) is 0.910. The van der Waals surface area contributed by atoms with Crippen molar-refractivity contribution >= 4 is 27.5 Å². The molecule has 2 aromatic rings. The number of rotatable bonds is 5. The molecular weight excluding hydrogens is 318 g/mol. The minimum atomic E-state index is 0.569. The van der Waals surface area contributed by atoms with E-state index in [1.807, 2.05) is 22.8 Å². The van der Waals surface area contributed by atoms with Crippen LogP contribution in [0.25, 0.3) is 5.65 Å². The Hall–Kier alpha value is -1.14. The lowest BCUT2D eigenvalue weighted by Gasteiger charge is -2.23. The molecule has 0 aromatic carbocycles. The van der Waals surface area contributed by atoms with E-state index >= 15 is 0 Å². The average Bonchev–Trinajstić information content (AvgIpc) is 3.06. The van der Waals surface area contributed by atoms with Gasteiger partial charge in [-0.05, 0) is 53.9 Å². The highest BCUT2D eigenvalue weighted by Gasteiger charge is 2.20. The first-order valence-electron chi connectivity index (χ1n) is 7.26. The van der Waals surface area contributed by atoms with E-state index in [0.29, 0.717) is 6.04 Å². The van der Waals surface area contributed by atoms with Crippen LogP contribution < -0.4 is 10.2 Å². The maximum atomic E-state index is 4.64. The number of fused-ring (bicyclic) bond motifs is 1. The number of hydrogen-bond donors (Lipinski definition) is 1. The number of hydrogen-bond acceptors (Lipinski definition) is 4. The summed E-state index contributed by atoms with van der Waals surface area (Å²) in [6, 6.07) is 4.55. The third-order valence-corrected chi connectivity index (χ3v) is 4.13. The molecule has 6 heteroatoms. The molecule has 3 rings (SSSR count).